The number of carbonyl (C=O) groups is 1. The fraction of sp³-hybridized carbons (Fsp3) is 0.889. The van der Waals surface area contributed by atoms with Crippen molar-refractivity contribution in [3.63, 3.8) is 0 Å². The first kappa shape index (κ1) is 19.4. The molecule has 2 rings (SSSR count). The van der Waals surface area contributed by atoms with E-state index in [2.05, 4.69) is 4.40 Å². The molecule has 0 aromatic heterocycles. The summed E-state index contributed by atoms with van der Waals surface area (Å²) in [5, 5.41) is 0. The van der Waals surface area contributed by atoms with Crippen molar-refractivity contribution in [2.24, 2.45) is 15.7 Å². The van der Waals surface area contributed by atoms with E-state index in [1.54, 1.807) is 0 Å². The van der Waals surface area contributed by atoms with Crippen LogP contribution >= 0.6 is 0 Å². The summed E-state index contributed by atoms with van der Waals surface area (Å²) in [5.74, 6) is 0.414. The molecule has 6 heteroatoms. The number of carbonyl (C=O) groups excluding carboxylic acids is 1. The van der Waals surface area contributed by atoms with E-state index in [0.717, 1.165) is 38.8 Å². The first-order valence-electron chi connectivity index (χ1n) is 8.84. The highest BCUT2D eigenvalue weighted by Gasteiger charge is 2.47. The Balaban J connectivity index is 1.77. The highest BCUT2D eigenvalue weighted by Crippen LogP contribution is 2.45. The van der Waals surface area contributed by atoms with Gasteiger partial charge < -0.3 is 9.64 Å². The molecule has 24 heavy (non-hydrogen) atoms. The van der Waals surface area contributed by atoms with Crippen molar-refractivity contribution in [1.29, 1.82) is 0 Å². The molecule has 1 unspecified atom stereocenters. The van der Waals surface area contributed by atoms with Crippen LogP contribution in [0.1, 0.15) is 67.2 Å². The van der Waals surface area contributed by atoms with E-state index in [4.69, 9.17) is 4.74 Å². The van der Waals surface area contributed by atoms with Crippen LogP contribution in [0, 0.1) is 11.3 Å². The molecule has 0 radical (unpaired) electrons. The van der Waals surface area contributed by atoms with Crippen molar-refractivity contribution < 1.29 is 13.7 Å². The average molecular weight is 357 g/mol. The summed E-state index contributed by atoms with van der Waals surface area (Å²) in [6, 6.07) is 0. The monoisotopic (exact) mass is 356 g/mol. The molecule has 2 fully saturated rings. The van der Waals surface area contributed by atoms with Crippen LogP contribution in [0.4, 0.5) is 4.79 Å². The van der Waals surface area contributed by atoms with Crippen LogP contribution in [0.2, 0.25) is 0 Å². The van der Waals surface area contributed by atoms with Gasteiger partial charge in [0.15, 0.2) is 0 Å². The average Bonchev–Trinajstić information content (AvgIpc) is 2.39. The Bertz CT molecular complexity index is 515. The van der Waals surface area contributed by atoms with Crippen molar-refractivity contribution in [3.05, 3.63) is 0 Å². The Morgan fingerprint density at radius 3 is 2.17 bits per heavy atom. The maximum Gasteiger partial charge on any atom is 0.410 e. The summed E-state index contributed by atoms with van der Waals surface area (Å²) in [7, 11) is -1.17. The molecule has 0 aromatic carbocycles. The first-order chi connectivity index (χ1) is 10.9. The maximum atomic E-state index is 12.1. The van der Waals surface area contributed by atoms with E-state index in [0.29, 0.717) is 5.92 Å². The molecule has 1 spiro atoms. The van der Waals surface area contributed by atoms with Crippen LogP contribution < -0.4 is 0 Å². The van der Waals surface area contributed by atoms with Gasteiger partial charge in [0.05, 0.1) is 4.75 Å². The van der Waals surface area contributed by atoms with Crippen molar-refractivity contribution in [2.45, 2.75) is 77.6 Å². The molecule has 1 amide bonds. The molecule has 1 saturated heterocycles. The normalized spacial score (nSPS) is 23.3. The predicted octanol–water partition coefficient (Wildman–Crippen LogP) is 3.95. The van der Waals surface area contributed by atoms with Crippen LogP contribution in [0.25, 0.3) is 0 Å². The minimum absolute atomic E-state index is 0.197. The van der Waals surface area contributed by atoms with Gasteiger partial charge in [-0.1, -0.05) is 0 Å². The Kier molecular flexibility index (Phi) is 5.48. The largest absolute Gasteiger partial charge is 0.444 e. The maximum absolute atomic E-state index is 12.1. The van der Waals surface area contributed by atoms with Crippen molar-refractivity contribution >= 4 is 23.3 Å². The molecule has 1 heterocycles. The van der Waals surface area contributed by atoms with Gasteiger partial charge in [-0.05, 0) is 73.1 Å². The zero-order valence-electron chi connectivity index (χ0n) is 15.9. The molecule has 1 aliphatic heterocycles. The molecule has 2 aliphatic rings. The second-order valence-electron chi connectivity index (χ2n) is 9.29. The fourth-order valence-electron chi connectivity index (χ4n) is 3.24. The summed E-state index contributed by atoms with van der Waals surface area (Å²) < 4.78 is 21.4. The lowest BCUT2D eigenvalue weighted by atomic mass is 9.66. The first-order valence-corrected chi connectivity index (χ1v) is 9.95. The Labute approximate surface area is 148 Å². The highest BCUT2D eigenvalue weighted by molar-refractivity contribution is 7.85. The summed E-state index contributed by atoms with van der Waals surface area (Å²) in [6.07, 6.45) is 6.03. The molecule has 1 saturated carbocycles. The van der Waals surface area contributed by atoms with E-state index in [1.807, 2.05) is 52.7 Å². The molecule has 1 aliphatic carbocycles. The van der Waals surface area contributed by atoms with Gasteiger partial charge >= 0.3 is 6.09 Å². The van der Waals surface area contributed by atoms with Gasteiger partial charge in [0.2, 0.25) is 0 Å². The quantitative estimate of drug-likeness (QED) is 0.704. The molecule has 138 valence electrons. The number of amides is 1. The summed E-state index contributed by atoms with van der Waals surface area (Å²) >= 11 is 0. The van der Waals surface area contributed by atoms with Crippen molar-refractivity contribution in [2.75, 3.05) is 13.1 Å². The smallest absolute Gasteiger partial charge is 0.410 e. The Morgan fingerprint density at radius 1 is 1.17 bits per heavy atom. The van der Waals surface area contributed by atoms with E-state index in [9.17, 15) is 9.00 Å². The van der Waals surface area contributed by atoms with Gasteiger partial charge in [-0.2, -0.15) is 4.40 Å². The van der Waals surface area contributed by atoms with E-state index in [1.165, 1.54) is 0 Å². The lowest BCUT2D eigenvalue weighted by Gasteiger charge is -2.52. The van der Waals surface area contributed by atoms with E-state index in [-0.39, 0.29) is 16.3 Å². The van der Waals surface area contributed by atoms with Gasteiger partial charge in [-0.3, -0.25) is 0 Å². The van der Waals surface area contributed by atoms with Crippen LogP contribution in [0.15, 0.2) is 4.40 Å². The topological polar surface area (TPSA) is 59.0 Å². The number of rotatable bonds is 2. The number of likely N-dealkylation sites (tertiary alicyclic amines) is 1. The zero-order valence-corrected chi connectivity index (χ0v) is 16.7. The minimum Gasteiger partial charge on any atom is -0.444 e. The summed E-state index contributed by atoms with van der Waals surface area (Å²) in [6.45, 7) is 13.1. The molecular weight excluding hydrogens is 324 g/mol. The summed E-state index contributed by atoms with van der Waals surface area (Å²) in [5.41, 5.74) is -0.166. The lowest BCUT2D eigenvalue weighted by Crippen LogP contribution is -2.60. The fourth-order valence-corrected chi connectivity index (χ4v) is 3.84. The third-order valence-electron chi connectivity index (χ3n) is 4.69. The highest BCUT2D eigenvalue weighted by atomic mass is 32.2. The second kappa shape index (κ2) is 6.77. The number of hydrogen-bond donors (Lipinski definition) is 0. The summed E-state index contributed by atoms with van der Waals surface area (Å²) in [4.78, 5) is 13.9. The van der Waals surface area contributed by atoms with Crippen LogP contribution in [0.3, 0.4) is 0 Å². The van der Waals surface area contributed by atoms with Crippen LogP contribution in [0.5, 0.6) is 0 Å². The molecule has 0 bridgehead atoms. The third-order valence-corrected chi connectivity index (χ3v) is 6.05. The standard InChI is InChI=1S/C18H32N2O3S/c1-16(2,3)23-15(21)20-12-18(13-20)9-7-14(8-10-18)11-19-24(22)17(4,5)6/h11,14H,7-10,12-13H2,1-6H3/b19-11+. The van der Waals surface area contributed by atoms with Gasteiger partial charge in [0.1, 0.15) is 16.6 Å². The third kappa shape index (κ3) is 5.04. The minimum atomic E-state index is -1.17. The molecule has 1 atom stereocenters. The number of nitrogens with zero attached hydrogens (tertiary/aromatic N) is 2. The number of hydrogen-bond acceptors (Lipinski definition) is 3. The van der Waals surface area contributed by atoms with Crippen LogP contribution in [-0.4, -0.2) is 44.9 Å². The van der Waals surface area contributed by atoms with Gasteiger partial charge in [0.25, 0.3) is 0 Å². The van der Waals surface area contributed by atoms with Gasteiger partial charge in [0, 0.05) is 24.7 Å². The van der Waals surface area contributed by atoms with Crippen LogP contribution in [-0.2, 0) is 15.7 Å². The van der Waals surface area contributed by atoms with Crippen molar-refractivity contribution in [1.82, 2.24) is 4.90 Å². The zero-order chi connectivity index (χ0) is 18.2. The van der Waals surface area contributed by atoms with E-state index >= 15 is 0 Å². The Morgan fingerprint density at radius 2 is 1.71 bits per heavy atom. The molecule has 0 aromatic rings. The Hall–Kier alpha value is -0.910. The van der Waals surface area contributed by atoms with Gasteiger partial charge in [-0.25, -0.2) is 9.00 Å². The molecule has 5 nitrogen and oxygen atoms in total. The molecule has 0 N–H and O–H groups in total. The molecular formula is C18H32N2O3S. The lowest BCUT2D eigenvalue weighted by molar-refractivity contribution is -0.0510. The van der Waals surface area contributed by atoms with Gasteiger partial charge in [-0.15, -0.1) is 0 Å². The number of ether oxygens (including phenoxy) is 1. The second-order valence-corrected chi connectivity index (χ2v) is 11.2. The van der Waals surface area contributed by atoms with Crippen molar-refractivity contribution in [3.8, 4) is 0 Å². The predicted molar refractivity (Wildman–Crippen MR) is 98.6 cm³/mol. The van der Waals surface area contributed by atoms with E-state index < -0.39 is 16.6 Å². The SMILES string of the molecule is CC(C)(C)OC(=O)N1CC2(CCC(/C=N/S(=O)C(C)(C)C)CC2)C1.